The average Bonchev–Trinajstić information content (AvgIpc) is 2.99. The van der Waals surface area contributed by atoms with Crippen molar-refractivity contribution in [2.45, 2.75) is 25.9 Å². The lowest BCUT2D eigenvalue weighted by Gasteiger charge is -2.28. The van der Waals surface area contributed by atoms with Gasteiger partial charge in [0.1, 0.15) is 5.82 Å². The Bertz CT molecular complexity index is 716. The van der Waals surface area contributed by atoms with Gasteiger partial charge >= 0.3 is 0 Å². The summed E-state index contributed by atoms with van der Waals surface area (Å²) in [6, 6.07) is 14.4. The van der Waals surface area contributed by atoms with Gasteiger partial charge in [0.25, 0.3) is 0 Å². The van der Waals surface area contributed by atoms with E-state index in [4.69, 9.17) is 0 Å². The summed E-state index contributed by atoms with van der Waals surface area (Å²) in [5.41, 5.74) is 2.82. The Morgan fingerprint density at radius 3 is 2.70 bits per heavy atom. The van der Waals surface area contributed by atoms with Crippen LogP contribution in [0.2, 0.25) is 0 Å². The summed E-state index contributed by atoms with van der Waals surface area (Å²) >= 11 is 0. The molecular formula is C19H21FN2O. The Kier molecular flexibility index (Phi) is 4.44. The zero-order valence-electron chi connectivity index (χ0n) is 13.5. The van der Waals surface area contributed by atoms with Crippen molar-refractivity contribution in [2.24, 2.45) is 0 Å². The number of para-hydroxylation sites is 1. The van der Waals surface area contributed by atoms with Crippen LogP contribution in [0.4, 0.5) is 10.1 Å². The van der Waals surface area contributed by atoms with Gasteiger partial charge < -0.3 is 4.90 Å². The van der Waals surface area contributed by atoms with Crippen LogP contribution in [0.25, 0.3) is 0 Å². The normalized spacial score (nSPS) is 14.9. The van der Waals surface area contributed by atoms with Crippen LogP contribution in [0.15, 0.2) is 48.5 Å². The van der Waals surface area contributed by atoms with E-state index in [1.54, 1.807) is 12.1 Å². The van der Waals surface area contributed by atoms with Crippen molar-refractivity contribution in [2.75, 3.05) is 18.5 Å². The highest BCUT2D eigenvalue weighted by Gasteiger charge is 2.29. The minimum Gasteiger partial charge on any atom is -0.310 e. The number of fused-ring (bicyclic) bond motifs is 1. The Labute approximate surface area is 136 Å². The molecule has 0 N–H and O–H groups in total. The summed E-state index contributed by atoms with van der Waals surface area (Å²) < 4.78 is 13.8. The number of anilines is 1. The third-order valence-electron chi connectivity index (χ3n) is 4.55. The van der Waals surface area contributed by atoms with Crippen LogP contribution in [0.5, 0.6) is 0 Å². The van der Waals surface area contributed by atoms with Gasteiger partial charge in [0.05, 0.1) is 6.04 Å². The fourth-order valence-electron chi connectivity index (χ4n) is 3.01. The summed E-state index contributed by atoms with van der Waals surface area (Å²) in [7, 11) is 1.86. The Hall–Kier alpha value is -2.20. The largest absolute Gasteiger partial charge is 0.310 e. The van der Waals surface area contributed by atoms with Crippen LogP contribution in [0, 0.1) is 5.82 Å². The molecule has 0 radical (unpaired) electrons. The molecule has 1 aliphatic rings. The Morgan fingerprint density at radius 1 is 1.22 bits per heavy atom. The lowest BCUT2D eigenvalue weighted by molar-refractivity contribution is -0.122. The van der Waals surface area contributed by atoms with E-state index < -0.39 is 0 Å². The molecule has 23 heavy (non-hydrogen) atoms. The van der Waals surface area contributed by atoms with Crippen LogP contribution in [-0.4, -0.2) is 30.4 Å². The first-order chi connectivity index (χ1) is 11.1. The van der Waals surface area contributed by atoms with Gasteiger partial charge in [-0.15, -0.1) is 0 Å². The van der Waals surface area contributed by atoms with Gasteiger partial charge in [-0.3, -0.25) is 9.69 Å². The maximum absolute atomic E-state index is 13.8. The first-order valence-electron chi connectivity index (χ1n) is 7.91. The molecule has 1 unspecified atom stereocenters. The second-order valence-electron chi connectivity index (χ2n) is 6.05. The first kappa shape index (κ1) is 15.7. The van der Waals surface area contributed by atoms with E-state index in [0.29, 0.717) is 12.1 Å². The van der Waals surface area contributed by atoms with E-state index in [2.05, 4.69) is 6.07 Å². The molecule has 0 spiro atoms. The van der Waals surface area contributed by atoms with Gasteiger partial charge in [-0.05, 0) is 38.1 Å². The first-order valence-corrected chi connectivity index (χ1v) is 7.91. The van der Waals surface area contributed by atoms with Gasteiger partial charge in [0.2, 0.25) is 5.91 Å². The maximum atomic E-state index is 13.8. The van der Waals surface area contributed by atoms with Crippen LogP contribution in [0.1, 0.15) is 18.1 Å². The molecule has 0 fully saturated rings. The van der Waals surface area contributed by atoms with Gasteiger partial charge in [-0.2, -0.15) is 0 Å². The van der Waals surface area contributed by atoms with E-state index in [1.807, 2.05) is 48.0 Å². The molecule has 1 aliphatic heterocycles. The number of carbonyl (C=O) groups is 1. The topological polar surface area (TPSA) is 23.6 Å². The van der Waals surface area contributed by atoms with Crippen LogP contribution in [0.3, 0.4) is 0 Å². The highest BCUT2D eigenvalue weighted by molar-refractivity contribution is 5.98. The third-order valence-corrected chi connectivity index (χ3v) is 4.55. The SMILES string of the molecule is CC(C(=O)N1CCc2ccccc21)N(C)Cc1ccccc1F. The molecule has 0 aromatic heterocycles. The van der Waals surface area contributed by atoms with Crippen molar-refractivity contribution in [3.8, 4) is 0 Å². The van der Waals surface area contributed by atoms with Crippen molar-refractivity contribution in [3.63, 3.8) is 0 Å². The number of benzene rings is 2. The quantitative estimate of drug-likeness (QED) is 0.865. The van der Waals surface area contributed by atoms with E-state index >= 15 is 0 Å². The smallest absolute Gasteiger partial charge is 0.244 e. The number of amides is 1. The molecular weight excluding hydrogens is 291 g/mol. The minimum atomic E-state index is -0.305. The number of nitrogens with zero attached hydrogens (tertiary/aromatic N) is 2. The molecule has 2 aromatic carbocycles. The highest BCUT2D eigenvalue weighted by atomic mass is 19.1. The molecule has 0 aliphatic carbocycles. The minimum absolute atomic E-state index is 0.0637. The summed E-state index contributed by atoms with van der Waals surface area (Å²) in [5.74, 6) is -0.167. The molecule has 2 aromatic rings. The molecule has 0 saturated carbocycles. The Balaban J connectivity index is 1.72. The van der Waals surface area contributed by atoms with Crippen LogP contribution in [-0.2, 0) is 17.8 Å². The molecule has 3 rings (SSSR count). The molecule has 1 atom stereocenters. The van der Waals surface area contributed by atoms with E-state index in [9.17, 15) is 9.18 Å². The standard InChI is InChI=1S/C19H21FN2O/c1-14(21(2)13-16-8-3-5-9-17(16)20)19(23)22-12-11-15-7-4-6-10-18(15)22/h3-10,14H,11-13H2,1-2H3. The lowest BCUT2D eigenvalue weighted by atomic mass is 10.1. The molecule has 3 nitrogen and oxygen atoms in total. The van der Waals surface area contributed by atoms with Crippen molar-refractivity contribution in [1.29, 1.82) is 0 Å². The van der Waals surface area contributed by atoms with Crippen LogP contribution < -0.4 is 4.90 Å². The summed E-state index contributed by atoms with van der Waals surface area (Å²) in [5, 5.41) is 0. The third kappa shape index (κ3) is 3.13. The predicted octanol–water partition coefficient (Wildman–Crippen LogP) is 3.24. The van der Waals surface area contributed by atoms with Crippen molar-refractivity contribution < 1.29 is 9.18 Å². The highest BCUT2D eigenvalue weighted by Crippen LogP contribution is 2.28. The molecule has 1 amide bonds. The summed E-state index contributed by atoms with van der Waals surface area (Å²) in [6.07, 6.45) is 0.895. The number of hydrogen-bond acceptors (Lipinski definition) is 2. The fraction of sp³-hybridized carbons (Fsp3) is 0.316. The number of hydrogen-bond donors (Lipinski definition) is 0. The molecule has 4 heteroatoms. The Morgan fingerprint density at radius 2 is 1.91 bits per heavy atom. The second kappa shape index (κ2) is 6.50. The summed E-state index contributed by atoms with van der Waals surface area (Å²) in [4.78, 5) is 16.6. The van der Waals surface area contributed by atoms with Crippen molar-refractivity contribution >= 4 is 11.6 Å². The van der Waals surface area contributed by atoms with Gasteiger partial charge in [-0.1, -0.05) is 36.4 Å². The average molecular weight is 312 g/mol. The molecule has 0 bridgehead atoms. The monoisotopic (exact) mass is 312 g/mol. The fourth-order valence-corrected chi connectivity index (χ4v) is 3.01. The zero-order chi connectivity index (χ0) is 16.4. The zero-order valence-corrected chi connectivity index (χ0v) is 13.5. The number of halogens is 1. The predicted molar refractivity (Wildman–Crippen MR) is 89.8 cm³/mol. The number of rotatable bonds is 4. The van der Waals surface area contributed by atoms with Crippen molar-refractivity contribution in [1.82, 2.24) is 4.90 Å². The number of likely N-dealkylation sites (N-methyl/N-ethyl adjacent to an activating group) is 1. The molecule has 0 saturated heterocycles. The van der Waals surface area contributed by atoms with E-state index in [1.165, 1.54) is 11.6 Å². The maximum Gasteiger partial charge on any atom is 0.244 e. The number of carbonyl (C=O) groups excluding carboxylic acids is 1. The van der Waals surface area contributed by atoms with Crippen LogP contribution >= 0.6 is 0 Å². The van der Waals surface area contributed by atoms with Gasteiger partial charge in [0, 0.05) is 24.3 Å². The molecule has 1 heterocycles. The van der Waals surface area contributed by atoms with Gasteiger partial charge in [-0.25, -0.2) is 4.39 Å². The lowest BCUT2D eigenvalue weighted by Crippen LogP contribution is -2.45. The van der Waals surface area contributed by atoms with Crippen molar-refractivity contribution in [3.05, 3.63) is 65.5 Å². The molecule has 120 valence electrons. The van der Waals surface area contributed by atoms with E-state index in [-0.39, 0.29) is 17.8 Å². The van der Waals surface area contributed by atoms with Gasteiger partial charge in [0.15, 0.2) is 0 Å². The van der Waals surface area contributed by atoms with E-state index in [0.717, 1.165) is 18.7 Å². The summed E-state index contributed by atoms with van der Waals surface area (Å²) in [6.45, 7) is 3.01. The second-order valence-corrected chi connectivity index (χ2v) is 6.05.